The van der Waals surface area contributed by atoms with E-state index in [-0.39, 0.29) is 11.2 Å². The van der Waals surface area contributed by atoms with Gasteiger partial charge in [0.2, 0.25) is 5.91 Å². The van der Waals surface area contributed by atoms with Gasteiger partial charge in [0.25, 0.3) is 0 Å². The number of hydrogen-bond acceptors (Lipinski definition) is 6. The van der Waals surface area contributed by atoms with E-state index >= 15 is 0 Å². The lowest BCUT2D eigenvalue weighted by Gasteiger charge is -2.15. The van der Waals surface area contributed by atoms with Crippen LogP contribution in [0.3, 0.4) is 0 Å². The Balaban J connectivity index is 1.81. The summed E-state index contributed by atoms with van der Waals surface area (Å²) in [4.78, 5) is 16.5. The molecule has 0 aliphatic heterocycles. The van der Waals surface area contributed by atoms with E-state index < -0.39 is 0 Å². The predicted molar refractivity (Wildman–Crippen MR) is 111 cm³/mol. The monoisotopic (exact) mass is 401 g/mol. The zero-order valence-corrected chi connectivity index (χ0v) is 17.5. The van der Waals surface area contributed by atoms with Gasteiger partial charge in [0.05, 0.1) is 5.25 Å². The molecular weight excluding hydrogens is 378 g/mol. The molecule has 8 heteroatoms. The van der Waals surface area contributed by atoms with Crippen molar-refractivity contribution in [3.05, 3.63) is 41.4 Å². The van der Waals surface area contributed by atoms with Gasteiger partial charge < -0.3 is 9.88 Å². The Kier molecular flexibility index (Phi) is 6.28. The molecule has 6 nitrogen and oxygen atoms in total. The maximum Gasteiger partial charge on any atom is 0.239 e. The molecule has 0 radical (unpaired) electrons. The average molecular weight is 402 g/mol. The topological polar surface area (TPSA) is 72.7 Å². The van der Waals surface area contributed by atoms with E-state index in [1.54, 1.807) is 6.20 Å². The van der Waals surface area contributed by atoms with E-state index in [1.807, 2.05) is 12.3 Å². The summed E-state index contributed by atoms with van der Waals surface area (Å²) in [5.74, 6) is 1.17. The highest BCUT2D eigenvalue weighted by molar-refractivity contribution is 8.00. The van der Waals surface area contributed by atoms with Crippen LogP contribution >= 0.6 is 23.1 Å². The Bertz CT molecular complexity index is 887. The first-order chi connectivity index (χ1) is 12.9. The summed E-state index contributed by atoms with van der Waals surface area (Å²) in [5.41, 5.74) is 2.23. The van der Waals surface area contributed by atoms with Crippen LogP contribution < -0.4 is 5.32 Å². The summed E-state index contributed by atoms with van der Waals surface area (Å²) in [7, 11) is 0. The second-order valence-corrected chi connectivity index (χ2v) is 8.97. The van der Waals surface area contributed by atoms with Crippen LogP contribution in [0.25, 0.3) is 11.4 Å². The van der Waals surface area contributed by atoms with E-state index in [4.69, 9.17) is 0 Å². The van der Waals surface area contributed by atoms with Crippen LogP contribution in [-0.2, 0) is 11.3 Å². The molecule has 2 aromatic heterocycles. The minimum Gasteiger partial charge on any atom is -0.302 e. The molecule has 27 heavy (non-hydrogen) atoms. The summed E-state index contributed by atoms with van der Waals surface area (Å²) in [5, 5.41) is 14.5. The SMILES string of the molecule is Cc1ccc(-c2nnc(S[C@H](C)C(=O)Nc3nccs3)n2CC(C)C)cc1. The number of amides is 1. The number of benzene rings is 1. The molecule has 1 amide bonds. The second kappa shape index (κ2) is 8.67. The van der Waals surface area contributed by atoms with Gasteiger partial charge >= 0.3 is 0 Å². The van der Waals surface area contributed by atoms with Crippen molar-refractivity contribution >= 4 is 34.1 Å². The summed E-state index contributed by atoms with van der Waals surface area (Å²) >= 11 is 2.82. The molecule has 1 N–H and O–H groups in total. The van der Waals surface area contributed by atoms with Crippen LogP contribution in [0.2, 0.25) is 0 Å². The van der Waals surface area contributed by atoms with Gasteiger partial charge in [0, 0.05) is 23.7 Å². The number of hydrogen-bond donors (Lipinski definition) is 1. The van der Waals surface area contributed by atoms with E-state index in [2.05, 4.69) is 70.1 Å². The summed E-state index contributed by atoms with van der Waals surface area (Å²) < 4.78 is 2.10. The van der Waals surface area contributed by atoms with Crippen LogP contribution in [-0.4, -0.2) is 30.9 Å². The first-order valence-corrected chi connectivity index (χ1v) is 10.6. The Morgan fingerprint density at radius 3 is 2.59 bits per heavy atom. The van der Waals surface area contributed by atoms with Crippen LogP contribution in [0.4, 0.5) is 5.13 Å². The van der Waals surface area contributed by atoms with E-state index in [0.717, 1.165) is 23.1 Å². The lowest BCUT2D eigenvalue weighted by molar-refractivity contribution is -0.115. The van der Waals surface area contributed by atoms with Crippen molar-refractivity contribution in [3.63, 3.8) is 0 Å². The number of carbonyl (C=O) groups is 1. The molecule has 0 bridgehead atoms. The van der Waals surface area contributed by atoms with Gasteiger partial charge in [0.1, 0.15) is 0 Å². The van der Waals surface area contributed by atoms with Crippen LogP contribution in [0.1, 0.15) is 26.3 Å². The maximum atomic E-state index is 12.4. The number of thioether (sulfide) groups is 1. The highest BCUT2D eigenvalue weighted by Crippen LogP contribution is 2.28. The van der Waals surface area contributed by atoms with Gasteiger partial charge in [-0.05, 0) is 19.8 Å². The lowest BCUT2D eigenvalue weighted by atomic mass is 10.1. The second-order valence-electron chi connectivity index (χ2n) is 6.76. The molecule has 0 unspecified atom stereocenters. The molecule has 1 aromatic carbocycles. The van der Waals surface area contributed by atoms with Crippen molar-refractivity contribution in [2.24, 2.45) is 5.92 Å². The van der Waals surface area contributed by atoms with Crippen LogP contribution in [0.15, 0.2) is 41.0 Å². The maximum absolute atomic E-state index is 12.4. The van der Waals surface area contributed by atoms with Gasteiger partial charge in [-0.15, -0.1) is 21.5 Å². The summed E-state index contributed by atoms with van der Waals surface area (Å²) in [6.45, 7) is 9.04. The minimum atomic E-state index is -0.310. The third-order valence-corrected chi connectivity index (χ3v) is 5.66. The molecule has 1 atom stereocenters. The number of aromatic nitrogens is 4. The van der Waals surface area contributed by atoms with E-state index in [1.165, 1.54) is 28.7 Å². The third kappa shape index (κ3) is 4.95. The largest absolute Gasteiger partial charge is 0.302 e. The Labute approximate surface area is 167 Å². The lowest BCUT2D eigenvalue weighted by Crippen LogP contribution is -2.23. The van der Waals surface area contributed by atoms with Crippen LogP contribution in [0.5, 0.6) is 0 Å². The molecule has 142 valence electrons. The number of aryl methyl sites for hydroxylation is 1. The van der Waals surface area contributed by atoms with Crippen molar-refractivity contribution in [1.82, 2.24) is 19.7 Å². The number of carbonyl (C=O) groups excluding carboxylic acids is 1. The van der Waals surface area contributed by atoms with E-state index in [0.29, 0.717) is 11.0 Å². The first-order valence-electron chi connectivity index (χ1n) is 8.81. The van der Waals surface area contributed by atoms with Crippen molar-refractivity contribution < 1.29 is 4.79 Å². The highest BCUT2D eigenvalue weighted by Gasteiger charge is 2.22. The van der Waals surface area contributed by atoms with Gasteiger partial charge in [-0.2, -0.15) is 0 Å². The molecular formula is C19H23N5OS2. The first kappa shape index (κ1) is 19.6. The molecule has 0 saturated carbocycles. The Morgan fingerprint density at radius 2 is 1.96 bits per heavy atom. The number of thiazole rings is 1. The van der Waals surface area contributed by atoms with E-state index in [9.17, 15) is 4.79 Å². The third-order valence-electron chi connectivity index (χ3n) is 3.89. The molecule has 2 heterocycles. The van der Waals surface area contributed by atoms with Crippen molar-refractivity contribution in [2.45, 2.75) is 44.6 Å². The molecule has 0 aliphatic carbocycles. The summed E-state index contributed by atoms with van der Waals surface area (Å²) in [6.07, 6.45) is 1.67. The Hall–Kier alpha value is -2.19. The van der Waals surface area contributed by atoms with Crippen LogP contribution in [0, 0.1) is 12.8 Å². The fourth-order valence-corrected chi connectivity index (χ4v) is 3.92. The predicted octanol–water partition coefficient (Wildman–Crippen LogP) is 4.49. The van der Waals surface area contributed by atoms with Crippen molar-refractivity contribution in [2.75, 3.05) is 5.32 Å². The molecule has 0 fully saturated rings. The summed E-state index contributed by atoms with van der Waals surface area (Å²) in [6, 6.07) is 8.26. The number of nitrogens with one attached hydrogen (secondary N) is 1. The Morgan fingerprint density at radius 1 is 1.22 bits per heavy atom. The minimum absolute atomic E-state index is 0.0917. The van der Waals surface area contributed by atoms with Gasteiger partial charge in [-0.3, -0.25) is 4.79 Å². The quantitative estimate of drug-likeness (QED) is 0.591. The molecule has 0 spiro atoms. The molecule has 3 aromatic rings. The molecule has 0 saturated heterocycles. The van der Waals surface area contributed by atoms with Gasteiger partial charge in [0.15, 0.2) is 16.1 Å². The average Bonchev–Trinajstić information content (AvgIpc) is 3.26. The fraction of sp³-hybridized carbons (Fsp3) is 0.368. The standard InChI is InChI=1S/C19H23N5OS2/c1-12(2)11-24-16(15-7-5-13(3)6-8-15)22-23-19(24)27-14(4)17(25)21-18-20-9-10-26-18/h5-10,12,14H,11H2,1-4H3,(H,20,21,25)/t14-/m1/s1. The normalized spacial score (nSPS) is 12.3. The number of anilines is 1. The zero-order valence-electron chi connectivity index (χ0n) is 15.8. The fourth-order valence-electron chi connectivity index (χ4n) is 2.53. The van der Waals surface area contributed by atoms with Crippen molar-refractivity contribution in [3.8, 4) is 11.4 Å². The van der Waals surface area contributed by atoms with Gasteiger partial charge in [-0.25, -0.2) is 4.98 Å². The number of rotatable bonds is 7. The van der Waals surface area contributed by atoms with Gasteiger partial charge in [-0.1, -0.05) is 55.4 Å². The molecule has 0 aliphatic rings. The highest BCUT2D eigenvalue weighted by atomic mass is 32.2. The zero-order chi connectivity index (χ0) is 19.4. The number of nitrogens with zero attached hydrogens (tertiary/aromatic N) is 4. The smallest absolute Gasteiger partial charge is 0.239 e. The van der Waals surface area contributed by atoms with Crippen molar-refractivity contribution in [1.29, 1.82) is 0 Å². The molecule has 3 rings (SSSR count).